The van der Waals surface area contributed by atoms with Crippen molar-refractivity contribution in [2.45, 2.75) is 52.7 Å². The van der Waals surface area contributed by atoms with E-state index in [9.17, 15) is 9.59 Å². The van der Waals surface area contributed by atoms with Crippen LogP contribution in [0.2, 0.25) is 0 Å². The number of ether oxygens (including phenoxy) is 1. The molecule has 0 spiro atoms. The Kier molecular flexibility index (Phi) is 6.22. The highest BCUT2D eigenvalue weighted by atomic mass is 16.5. The molecular weight excluding hydrogens is 254 g/mol. The SMILES string of the molecule is CCC(C)OC(=O)CC(C)NC(=O)c1ccc(C)cc1. The number of rotatable bonds is 6. The number of hydrogen-bond acceptors (Lipinski definition) is 3. The summed E-state index contributed by atoms with van der Waals surface area (Å²) in [6, 6.07) is 7.07. The Morgan fingerprint density at radius 3 is 2.35 bits per heavy atom. The Bertz CT molecular complexity index is 453. The van der Waals surface area contributed by atoms with Crippen molar-refractivity contribution in [1.29, 1.82) is 0 Å². The molecule has 0 saturated carbocycles. The van der Waals surface area contributed by atoms with Gasteiger partial charge < -0.3 is 10.1 Å². The van der Waals surface area contributed by atoms with Gasteiger partial charge in [-0.1, -0.05) is 24.6 Å². The predicted molar refractivity (Wildman–Crippen MR) is 78.6 cm³/mol. The molecule has 0 aliphatic carbocycles. The van der Waals surface area contributed by atoms with E-state index in [-0.39, 0.29) is 30.4 Å². The second-order valence-electron chi connectivity index (χ2n) is 5.15. The molecule has 1 aromatic rings. The van der Waals surface area contributed by atoms with Crippen molar-refractivity contribution in [3.8, 4) is 0 Å². The summed E-state index contributed by atoms with van der Waals surface area (Å²) in [7, 11) is 0. The van der Waals surface area contributed by atoms with E-state index in [1.165, 1.54) is 0 Å². The summed E-state index contributed by atoms with van der Waals surface area (Å²) in [5.74, 6) is -0.454. The maximum Gasteiger partial charge on any atom is 0.308 e. The molecule has 2 atom stereocenters. The minimum atomic E-state index is -0.281. The van der Waals surface area contributed by atoms with Gasteiger partial charge >= 0.3 is 5.97 Å². The normalized spacial score (nSPS) is 13.4. The molecule has 1 N–H and O–H groups in total. The molecule has 0 fully saturated rings. The van der Waals surface area contributed by atoms with E-state index >= 15 is 0 Å². The highest BCUT2D eigenvalue weighted by Gasteiger charge is 2.15. The monoisotopic (exact) mass is 277 g/mol. The van der Waals surface area contributed by atoms with Crippen LogP contribution in [0.1, 0.15) is 49.5 Å². The highest BCUT2D eigenvalue weighted by Crippen LogP contribution is 2.05. The van der Waals surface area contributed by atoms with Crippen LogP contribution in [0, 0.1) is 6.92 Å². The summed E-state index contributed by atoms with van der Waals surface area (Å²) in [5.41, 5.74) is 1.70. The van der Waals surface area contributed by atoms with Crippen LogP contribution in [0.25, 0.3) is 0 Å². The second kappa shape index (κ2) is 7.68. The van der Waals surface area contributed by atoms with Gasteiger partial charge in [-0.25, -0.2) is 0 Å². The summed E-state index contributed by atoms with van der Waals surface area (Å²) < 4.78 is 5.18. The van der Waals surface area contributed by atoms with E-state index < -0.39 is 0 Å². The number of hydrogen-bond donors (Lipinski definition) is 1. The number of benzene rings is 1. The summed E-state index contributed by atoms with van der Waals surface area (Å²) in [6.45, 7) is 7.58. The van der Waals surface area contributed by atoms with Crippen molar-refractivity contribution in [3.63, 3.8) is 0 Å². The Hall–Kier alpha value is -1.84. The number of amides is 1. The van der Waals surface area contributed by atoms with Gasteiger partial charge in [0.25, 0.3) is 5.91 Å². The van der Waals surface area contributed by atoms with Gasteiger partial charge in [0.15, 0.2) is 0 Å². The molecule has 110 valence electrons. The van der Waals surface area contributed by atoms with Crippen LogP contribution in [0.3, 0.4) is 0 Å². The maximum absolute atomic E-state index is 12.0. The zero-order valence-electron chi connectivity index (χ0n) is 12.6. The van der Waals surface area contributed by atoms with Crippen molar-refractivity contribution in [2.24, 2.45) is 0 Å². The number of esters is 1. The molecule has 0 heterocycles. The van der Waals surface area contributed by atoms with Crippen LogP contribution in [-0.2, 0) is 9.53 Å². The summed E-state index contributed by atoms with van der Waals surface area (Å²) in [4.78, 5) is 23.6. The highest BCUT2D eigenvalue weighted by molar-refractivity contribution is 5.94. The van der Waals surface area contributed by atoms with Crippen LogP contribution in [0.4, 0.5) is 0 Å². The van der Waals surface area contributed by atoms with E-state index in [2.05, 4.69) is 5.32 Å². The first-order valence-corrected chi connectivity index (χ1v) is 6.99. The van der Waals surface area contributed by atoms with Gasteiger partial charge in [0.05, 0.1) is 12.5 Å². The first kappa shape index (κ1) is 16.2. The van der Waals surface area contributed by atoms with Gasteiger partial charge in [-0.2, -0.15) is 0 Å². The lowest BCUT2D eigenvalue weighted by molar-refractivity contribution is -0.148. The molecule has 1 aromatic carbocycles. The van der Waals surface area contributed by atoms with Crippen molar-refractivity contribution < 1.29 is 14.3 Å². The molecule has 0 aromatic heterocycles. The topological polar surface area (TPSA) is 55.4 Å². The first-order valence-electron chi connectivity index (χ1n) is 6.99. The van der Waals surface area contributed by atoms with Crippen LogP contribution in [0.15, 0.2) is 24.3 Å². The van der Waals surface area contributed by atoms with E-state index in [1.807, 2.05) is 32.9 Å². The van der Waals surface area contributed by atoms with Gasteiger partial charge in [-0.3, -0.25) is 9.59 Å². The zero-order chi connectivity index (χ0) is 15.1. The van der Waals surface area contributed by atoms with Crippen molar-refractivity contribution in [3.05, 3.63) is 35.4 Å². The van der Waals surface area contributed by atoms with E-state index in [1.54, 1.807) is 19.1 Å². The second-order valence-corrected chi connectivity index (χ2v) is 5.15. The van der Waals surface area contributed by atoms with Crippen molar-refractivity contribution in [2.75, 3.05) is 0 Å². The molecule has 0 radical (unpaired) electrons. The van der Waals surface area contributed by atoms with Crippen LogP contribution >= 0.6 is 0 Å². The minimum Gasteiger partial charge on any atom is -0.463 e. The van der Waals surface area contributed by atoms with Crippen molar-refractivity contribution in [1.82, 2.24) is 5.32 Å². The van der Waals surface area contributed by atoms with Gasteiger partial charge in [-0.15, -0.1) is 0 Å². The lowest BCUT2D eigenvalue weighted by Gasteiger charge is -2.15. The summed E-state index contributed by atoms with van der Waals surface area (Å²) in [5, 5.41) is 2.80. The minimum absolute atomic E-state index is 0.0810. The average Bonchev–Trinajstić information content (AvgIpc) is 2.38. The van der Waals surface area contributed by atoms with Crippen molar-refractivity contribution >= 4 is 11.9 Å². The molecule has 4 nitrogen and oxygen atoms in total. The Morgan fingerprint density at radius 2 is 1.80 bits per heavy atom. The average molecular weight is 277 g/mol. The number of aryl methyl sites for hydroxylation is 1. The molecule has 4 heteroatoms. The Morgan fingerprint density at radius 1 is 1.20 bits per heavy atom. The zero-order valence-corrected chi connectivity index (χ0v) is 12.6. The Labute approximate surface area is 120 Å². The Balaban J connectivity index is 2.45. The molecule has 0 aliphatic heterocycles. The molecule has 0 bridgehead atoms. The first-order chi connectivity index (χ1) is 9.42. The third-order valence-corrected chi connectivity index (χ3v) is 3.07. The van der Waals surface area contributed by atoms with Crippen LogP contribution in [-0.4, -0.2) is 24.0 Å². The van der Waals surface area contributed by atoms with E-state index in [0.717, 1.165) is 12.0 Å². The quantitative estimate of drug-likeness (QED) is 0.813. The lowest BCUT2D eigenvalue weighted by Crippen LogP contribution is -2.35. The van der Waals surface area contributed by atoms with E-state index in [4.69, 9.17) is 4.74 Å². The number of nitrogens with one attached hydrogen (secondary N) is 1. The van der Waals surface area contributed by atoms with Crippen LogP contribution < -0.4 is 5.32 Å². The van der Waals surface area contributed by atoms with Gasteiger partial charge in [-0.05, 0) is 39.3 Å². The molecule has 2 unspecified atom stereocenters. The fraction of sp³-hybridized carbons (Fsp3) is 0.500. The van der Waals surface area contributed by atoms with Gasteiger partial charge in [0.1, 0.15) is 0 Å². The third kappa shape index (κ3) is 5.43. The molecule has 1 rings (SSSR count). The lowest BCUT2D eigenvalue weighted by atomic mass is 10.1. The van der Waals surface area contributed by atoms with E-state index in [0.29, 0.717) is 5.56 Å². The standard InChI is InChI=1S/C16H23NO3/c1-5-13(4)20-15(18)10-12(3)17-16(19)14-8-6-11(2)7-9-14/h6-9,12-13H,5,10H2,1-4H3,(H,17,19). The smallest absolute Gasteiger partial charge is 0.308 e. The molecule has 0 saturated heterocycles. The largest absolute Gasteiger partial charge is 0.463 e. The third-order valence-electron chi connectivity index (χ3n) is 3.07. The fourth-order valence-electron chi connectivity index (χ4n) is 1.67. The van der Waals surface area contributed by atoms with Crippen LogP contribution in [0.5, 0.6) is 0 Å². The van der Waals surface area contributed by atoms with Gasteiger partial charge in [0, 0.05) is 11.6 Å². The molecular formula is C16H23NO3. The molecule has 1 amide bonds. The fourth-order valence-corrected chi connectivity index (χ4v) is 1.67. The molecule has 0 aliphatic rings. The number of carbonyl (C=O) groups is 2. The molecule has 20 heavy (non-hydrogen) atoms. The maximum atomic E-state index is 12.0. The number of carbonyl (C=O) groups excluding carboxylic acids is 2. The van der Waals surface area contributed by atoms with Gasteiger partial charge in [0.2, 0.25) is 0 Å². The summed E-state index contributed by atoms with van der Waals surface area (Å²) >= 11 is 0. The predicted octanol–water partition coefficient (Wildman–Crippen LogP) is 2.85. The summed E-state index contributed by atoms with van der Waals surface area (Å²) in [6.07, 6.45) is 0.889.